The topological polar surface area (TPSA) is 86.5 Å². The van der Waals surface area contributed by atoms with Gasteiger partial charge >= 0.3 is 6.18 Å². The number of ketones is 1. The van der Waals surface area contributed by atoms with Crippen LogP contribution in [0.1, 0.15) is 55.3 Å². The third kappa shape index (κ3) is 6.76. The number of nitrogens with two attached hydrogens (primary N) is 1. The molecule has 1 aromatic rings. The van der Waals surface area contributed by atoms with E-state index in [0.717, 1.165) is 6.42 Å². The predicted octanol–water partition coefficient (Wildman–Crippen LogP) is 4.45. The second-order valence-corrected chi connectivity index (χ2v) is 7.44. The Labute approximate surface area is 169 Å². The molecule has 2 rings (SSSR count). The molecule has 0 aromatic carbocycles. The normalized spacial score (nSPS) is 19.8. The van der Waals surface area contributed by atoms with E-state index in [1.807, 2.05) is 0 Å². The maximum atomic E-state index is 12.8. The van der Waals surface area contributed by atoms with Gasteiger partial charge in [-0.3, -0.25) is 4.79 Å². The minimum atomic E-state index is -4.09. The van der Waals surface area contributed by atoms with Gasteiger partial charge in [0.2, 0.25) is 5.88 Å². The minimum absolute atomic E-state index is 0.136. The van der Waals surface area contributed by atoms with Gasteiger partial charge in [0.1, 0.15) is 6.61 Å². The van der Waals surface area contributed by atoms with Crippen LogP contribution in [0.15, 0.2) is 6.07 Å². The standard InChI is InChI=1S/C20H30F3N3O3/c1-25-18-16(24)12-15(19(26-18)29-11-10-28-2)17(27)5-3-4-13-6-8-14(9-7-13)20(21,22)23/h12-14H,3-11,24H2,1-2H3,(H,25,26). The lowest BCUT2D eigenvalue weighted by atomic mass is 9.79. The molecule has 0 bridgehead atoms. The molecule has 1 heterocycles. The summed E-state index contributed by atoms with van der Waals surface area (Å²) in [5.41, 5.74) is 6.60. The second-order valence-electron chi connectivity index (χ2n) is 7.44. The number of rotatable bonds is 10. The van der Waals surface area contributed by atoms with E-state index in [0.29, 0.717) is 42.9 Å². The van der Waals surface area contributed by atoms with E-state index in [4.69, 9.17) is 15.2 Å². The number of Topliss-reactive ketones (excluding diaryl/α,β-unsaturated/α-hetero) is 1. The first kappa shape index (κ1) is 23.3. The van der Waals surface area contributed by atoms with E-state index in [1.54, 1.807) is 20.2 Å². The highest BCUT2D eigenvalue weighted by Gasteiger charge is 2.41. The van der Waals surface area contributed by atoms with Crippen LogP contribution in [0.4, 0.5) is 24.7 Å². The van der Waals surface area contributed by atoms with Crippen LogP contribution in [0.25, 0.3) is 0 Å². The molecule has 9 heteroatoms. The first-order valence-corrected chi connectivity index (χ1v) is 9.96. The van der Waals surface area contributed by atoms with Gasteiger partial charge in [0.25, 0.3) is 0 Å². The number of nitrogens with one attached hydrogen (secondary N) is 1. The predicted molar refractivity (Wildman–Crippen MR) is 105 cm³/mol. The molecule has 0 aliphatic heterocycles. The Morgan fingerprint density at radius 3 is 2.55 bits per heavy atom. The molecule has 0 spiro atoms. The molecular weight excluding hydrogens is 387 g/mol. The van der Waals surface area contributed by atoms with Crippen molar-refractivity contribution in [3.63, 3.8) is 0 Å². The Morgan fingerprint density at radius 2 is 1.97 bits per heavy atom. The Morgan fingerprint density at radius 1 is 1.28 bits per heavy atom. The Hall–Kier alpha value is -2.03. The van der Waals surface area contributed by atoms with Crippen LogP contribution < -0.4 is 15.8 Å². The van der Waals surface area contributed by atoms with Gasteiger partial charge in [-0.1, -0.05) is 6.42 Å². The monoisotopic (exact) mass is 417 g/mol. The number of carbonyl (C=O) groups is 1. The Balaban J connectivity index is 1.90. The van der Waals surface area contributed by atoms with Crippen molar-refractivity contribution in [2.24, 2.45) is 11.8 Å². The van der Waals surface area contributed by atoms with Crippen LogP contribution in [-0.4, -0.2) is 44.3 Å². The molecule has 1 aliphatic rings. The number of ether oxygens (including phenoxy) is 2. The molecular formula is C20H30F3N3O3. The minimum Gasteiger partial charge on any atom is -0.475 e. The summed E-state index contributed by atoms with van der Waals surface area (Å²) in [7, 11) is 3.22. The van der Waals surface area contributed by atoms with Crippen molar-refractivity contribution in [3.05, 3.63) is 11.6 Å². The number of pyridine rings is 1. The van der Waals surface area contributed by atoms with Gasteiger partial charge < -0.3 is 20.5 Å². The summed E-state index contributed by atoms with van der Waals surface area (Å²) < 4.78 is 48.8. The lowest BCUT2D eigenvalue weighted by Crippen LogP contribution is -2.27. The summed E-state index contributed by atoms with van der Waals surface area (Å²) in [6, 6.07) is 1.55. The van der Waals surface area contributed by atoms with Gasteiger partial charge in [-0.2, -0.15) is 18.2 Å². The fraction of sp³-hybridized carbons (Fsp3) is 0.700. The van der Waals surface area contributed by atoms with Crippen molar-refractivity contribution in [2.75, 3.05) is 38.4 Å². The molecule has 0 saturated heterocycles. The van der Waals surface area contributed by atoms with E-state index in [1.165, 1.54) is 0 Å². The summed E-state index contributed by atoms with van der Waals surface area (Å²) in [5.74, 6) is -0.435. The van der Waals surface area contributed by atoms with Crippen molar-refractivity contribution >= 4 is 17.3 Å². The fourth-order valence-corrected chi connectivity index (χ4v) is 3.71. The molecule has 0 radical (unpaired) electrons. The van der Waals surface area contributed by atoms with E-state index >= 15 is 0 Å². The van der Waals surface area contributed by atoms with Gasteiger partial charge in [-0.05, 0) is 44.1 Å². The zero-order valence-corrected chi connectivity index (χ0v) is 17.0. The third-order valence-corrected chi connectivity index (χ3v) is 5.41. The van der Waals surface area contributed by atoms with E-state index in [2.05, 4.69) is 10.3 Å². The van der Waals surface area contributed by atoms with Crippen LogP contribution in [-0.2, 0) is 4.74 Å². The number of nitrogens with zero attached hydrogens (tertiary/aromatic N) is 1. The third-order valence-electron chi connectivity index (χ3n) is 5.41. The van der Waals surface area contributed by atoms with Crippen molar-refractivity contribution in [2.45, 2.75) is 51.1 Å². The molecule has 1 aromatic heterocycles. The number of anilines is 2. The summed E-state index contributed by atoms with van der Waals surface area (Å²) >= 11 is 0. The van der Waals surface area contributed by atoms with Crippen LogP contribution in [0.3, 0.4) is 0 Å². The molecule has 164 valence electrons. The summed E-state index contributed by atoms with van der Waals surface area (Å²) in [6.07, 6.45) is -0.952. The van der Waals surface area contributed by atoms with Crippen LogP contribution >= 0.6 is 0 Å². The number of halogens is 3. The van der Waals surface area contributed by atoms with E-state index in [9.17, 15) is 18.0 Å². The number of nitrogen functional groups attached to an aromatic ring is 1. The van der Waals surface area contributed by atoms with Gasteiger partial charge in [-0.15, -0.1) is 0 Å². The molecule has 1 aliphatic carbocycles. The number of carbonyl (C=O) groups excluding carboxylic acids is 1. The second kappa shape index (κ2) is 10.7. The average molecular weight is 417 g/mol. The van der Waals surface area contributed by atoms with Crippen LogP contribution in [0, 0.1) is 11.8 Å². The summed E-state index contributed by atoms with van der Waals surface area (Å²) in [4.78, 5) is 17.0. The maximum Gasteiger partial charge on any atom is 0.391 e. The Bertz CT molecular complexity index is 675. The highest BCUT2D eigenvalue weighted by atomic mass is 19.4. The number of methoxy groups -OCH3 is 1. The number of alkyl halides is 3. The maximum absolute atomic E-state index is 12.8. The van der Waals surface area contributed by atoms with Crippen molar-refractivity contribution in [1.82, 2.24) is 4.98 Å². The summed E-state index contributed by atoms with van der Waals surface area (Å²) in [5, 5.41) is 2.85. The molecule has 0 atom stereocenters. The lowest BCUT2D eigenvalue weighted by Gasteiger charge is -2.29. The SMILES string of the molecule is CNc1nc(OCCOC)c(C(=O)CCCC2CCC(C(F)(F)F)CC2)cc1N. The van der Waals surface area contributed by atoms with Crippen LogP contribution in [0.5, 0.6) is 5.88 Å². The number of hydrogen-bond donors (Lipinski definition) is 2. The quantitative estimate of drug-likeness (QED) is 0.432. The molecule has 29 heavy (non-hydrogen) atoms. The Kier molecular flexibility index (Phi) is 8.55. The van der Waals surface area contributed by atoms with Crippen molar-refractivity contribution in [1.29, 1.82) is 0 Å². The zero-order valence-electron chi connectivity index (χ0n) is 17.0. The van der Waals surface area contributed by atoms with Crippen molar-refractivity contribution < 1.29 is 27.4 Å². The van der Waals surface area contributed by atoms with Gasteiger partial charge in [0, 0.05) is 20.6 Å². The molecule has 0 unspecified atom stereocenters. The van der Waals surface area contributed by atoms with Crippen molar-refractivity contribution in [3.8, 4) is 5.88 Å². The first-order chi connectivity index (χ1) is 13.8. The highest BCUT2D eigenvalue weighted by Crippen LogP contribution is 2.40. The smallest absolute Gasteiger partial charge is 0.391 e. The molecule has 1 saturated carbocycles. The largest absolute Gasteiger partial charge is 0.475 e. The highest BCUT2D eigenvalue weighted by molar-refractivity contribution is 5.99. The number of hydrogen-bond acceptors (Lipinski definition) is 6. The van der Waals surface area contributed by atoms with E-state index in [-0.39, 0.29) is 43.5 Å². The summed E-state index contributed by atoms with van der Waals surface area (Å²) in [6.45, 7) is 0.606. The average Bonchev–Trinajstić information content (AvgIpc) is 2.68. The van der Waals surface area contributed by atoms with Gasteiger partial charge in [0.05, 0.1) is 23.8 Å². The van der Waals surface area contributed by atoms with Gasteiger partial charge in [0.15, 0.2) is 11.6 Å². The van der Waals surface area contributed by atoms with Gasteiger partial charge in [-0.25, -0.2) is 0 Å². The molecule has 3 N–H and O–H groups in total. The zero-order chi connectivity index (χ0) is 21.4. The van der Waals surface area contributed by atoms with E-state index < -0.39 is 12.1 Å². The number of aromatic nitrogens is 1. The molecule has 0 amide bonds. The molecule has 6 nitrogen and oxygen atoms in total. The fourth-order valence-electron chi connectivity index (χ4n) is 3.71. The first-order valence-electron chi connectivity index (χ1n) is 9.96. The molecule has 1 fully saturated rings. The lowest BCUT2D eigenvalue weighted by molar-refractivity contribution is -0.184. The van der Waals surface area contributed by atoms with Crippen LogP contribution in [0.2, 0.25) is 0 Å².